The Morgan fingerprint density at radius 2 is 1.80 bits per heavy atom. The van der Waals surface area contributed by atoms with Crippen molar-refractivity contribution in [2.24, 2.45) is 0 Å². The fourth-order valence-corrected chi connectivity index (χ4v) is 2.98. The predicted octanol–water partition coefficient (Wildman–Crippen LogP) is 2.84. The lowest BCUT2D eigenvalue weighted by molar-refractivity contribution is -0.120. The van der Waals surface area contributed by atoms with E-state index in [0.29, 0.717) is 30.0 Å². The summed E-state index contributed by atoms with van der Waals surface area (Å²) in [6, 6.07) is 13.9. The first-order valence-corrected chi connectivity index (χ1v) is 8.04. The van der Waals surface area contributed by atoms with Crippen molar-refractivity contribution < 1.29 is 19.1 Å². The zero-order chi connectivity index (χ0) is 17.8. The highest BCUT2D eigenvalue weighted by Gasteiger charge is 2.37. The molecule has 1 atom stereocenters. The lowest BCUT2D eigenvalue weighted by atomic mass is 10.1. The summed E-state index contributed by atoms with van der Waals surface area (Å²) < 4.78 is 10.4. The maximum atomic E-state index is 12.7. The van der Waals surface area contributed by atoms with Crippen LogP contribution >= 0.6 is 0 Å². The van der Waals surface area contributed by atoms with Gasteiger partial charge in [0.25, 0.3) is 0 Å². The summed E-state index contributed by atoms with van der Waals surface area (Å²) in [6.07, 6.45) is 0.853. The van der Waals surface area contributed by atoms with Crippen molar-refractivity contribution in [3.63, 3.8) is 0 Å². The minimum atomic E-state index is -0.525. The molecule has 1 aliphatic heterocycles. The van der Waals surface area contributed by atoms with E-state index in [9.17, 15) is 9.59 Å². The fourth-order valence-electron chi connectivity index (χ4n) is 2.98. The average molecular weight is 340 g/mol. The molecule has 2 aromatic carbocycles. The van der Waals surface area contributed by atoms with E-state index in [2.05, 4.69) is 5.32 Å². The molecule has 2 aromatic rings. The number of ether oxygens (including phenoxy) is 2. The molecular weight excluding hydrogens is 320 g/mol. The summed E-state index contributed by atoms with van der Waals surface area (Å²) in [6.45, 7) is 0. The second kappa shape index (κ2) is 7.25. The summed E-state index contributed by atoms with van der Waals surface area (Å²) in [5.74, 6) is 0.853. The molecule has 2 amide bonds. The number of methoxy groups -OCH3 is 2. The first-order chi connectivity index (χ1) is 12.1. The number of nitrogens with one attached hydrogen (secondary N) is 1. The first kappa shape index (κ1) is 16.8. The molecular formula is C19H20N2O4. The second-order valence-corrected chi connectivity index (χ2v) is 5.71. The van der Waals surface area contributed by atoms with Crippen molar-refractivity contribution in [2.45, 2.75) is 18.9 Å². The van der Waals surface area contributed by atoms with Gasteiger partial charge in [-0.15, -0.1) is 0 Å². The highest BCUT2D eigenvalue weighted by Crippen LogP contribution is 2.31. The minimum absolute atomic E-state index is 0.0429. The quantitative estimate of drug-likeness (QED) is 0.909. The van der Waals surface area contributed by atoms with Crippen LogP contribution in [0.3, 0.4) is 0 Å². The molecule has 0 aromatic heterocycles. The fraction of sp³-hybridized carbons (Fsp3) is 0.263. The van der Waals surface area contributed by atoms with Gasteiger partial charge in [0.2, 0.25) is 11.8 Å². The van der Waals surface area contributed by atoms with Gasteiger partial charge in [-0.2, -0.15) is 0 Å². The first-order valence-electron chi connectivity index (χ1n) is 8.04. The van der Waals surface area contributed by atoms with Gasteiger partial charge in [0.05, 0.1) is 14.2 Å². The Labute approximate surface area is 146 Å². The van der Waals surface area contributed by atoms with Gasteiger partial charge in [-0.25, -0.2) is 0 Å². The normalized spacial score (nSPS) is 16.6. The highest BCUT2D eigenvalue weighted by atomic mass is 16.5. The molecule has 0 aliphatic carbocycles. The average Bonchev–Trinajstić information content (AvgIpc) is 3.04. The number of benzene rings is 2. The van der Waals surface area contributed by atoms with Crippen molar-refractivity contribution in [1.29, 1.82) is 0 Å². The van der Waals surface area contributed by atoms with Gasteiger partial charge in [0, 0.05) is 23.9 Å². The Morgan fingerprint density at radius 1 is 1.08 bits per heavy atom. The van der Waals surface area contributed by atoms with Crippen LogP contribution in [-0.4, -0.2) is 32.1 Å². The van der Waals surface area contributed by atoms with Crippen LogP contribution in [0.5, 0.6) is 11.5 Å². The smallest absolute Gasteiger partial charge is 0.247 e. The van der Waals surface area contributed by atoms with Crippen LogP contribution in [0.25, 0.3) is 0 Å². The summed E-state index contributed by atoms with van der Waals surface area (Å²) in [7, 11) is 3.09. The largest absolute Gasteiger partial charge is 0.493 e. The molecule has 0 bridgehead atoms. The highest BCUT2D eigenvalue weighted by molar-refractivity contribution is 6.07. The Bertz CT molecular complexity index is 776. The maximum absolute atomic E-state index is 12.7. The van der Waals surface area contributed by atoms with Crippen molar-refractivity contribution in [2.75, 3.05) is 24.4 Å². The van der Waals surface area contributed by atoms with Gasteiger partial charge in [-0.05, 0) is 30.7 Å². The molecule has 0 spiro atoms. The molecule has 130 valence electrons. The lowest BCUT2D eigenvalue weighted by Crippen LogP contribution is -2.41. The molecule has 1 N–H and O–H groups in total. The van der Waals surface area contributed by atoms with Gasteiger partial charge >= 0.3 is 0 Å². The zero-order valence-electron chi connectivity index (χ0n) is 14.2. The Morgan fingerprint density at radius 3 is 2.48 bits per heavy atom. The van der Waals surface area contributed by atoms with Gasteiger partial charge in [-0.1, -0.05) is 18.2 Å². The number of carbonyl (C=O) groups is 2. The number of anilines is 2. The molecule has 25 heavy (non-hydrogen) atoms. The molecule has 0 saturated carbocycles. The standard InChI is InChI=1S/C19H20N2O4/c1-24-16-10-8-13(12-17(16)25-2)20-19(23)15-9-11-18(22)21(15)14-6-4-3-5-7-14/h3-8,10,12,15H,9,11H2,1-2H3,(H,20,23). The number of amides is 2. The van der Waals surface area contributed by atoms with E-state index in [1.54, 1.807) is 30.2 Å². The van der Waals surface area contributed by atoms with E-state index in [4.69, 9.17) is 9.47 Å². The van der Waals surface area contributed by atoms with Gasteiger partial charge in [0.15, 0.2) is 11.5 Å². The summed E-state index contributed by atoms with van der Waals surface area (Å²) in [4.78, 5) is 26.5. The monoisotopic (exact) mass is 340 g/mol. The number of nitrogens with zero attached hydrogens (tertiary/aromatic N) is 1. The van der Waals surface area contributed by atoms with E-state index >= 15 is 0 Å². The van der Waals surface area contributed by atoms with Crippen LogP contribution in [0.1, 0.15) is 12.8 Å². The molecule has 1 saturated heterocycles. The van der Waals surface area contributed by atoms with Gasteiger partial charge in [-0.3, -0.25) is 14.5 Å². The van der Waals surface area contributed by atoms with E-state index in [1.807, 2.05) is 30.3 Å². The summed E-state index contributed by atoms with van der Waals surface area (Å²) >= 11 is 0. The van der Waals surface area contributed by atoms with Crippen LogP contribution in [-0.2, 0) is 9.59 Å². The number of carbonyl (C=O) groups excluding carboxylic acids is 2. The third-order valence-electron chi connectivity index (χ3n) is 4.20. The van der Waals surface area contributed by atoms with E-state index in [-0.39, 0.29) is 11.8 Å². The summed E-state index contributed by atoms with van der Waals surface area (Å²) in [5, 5.41) is 2.86. The topological polar surface area (TPSA) is 67.9 Å². The third-order valence-corrected chi connectivity index (χ3v) is 4.20. The number of hydrogen-bond acceptors (Lipinski definition) is 4. The summed E-state index contributed by atoms with van der Waals surface area (Å²) in [5.41, 5.74) is 1.33. The molecule has 3 rings (SSSR count). The van der Waals surface area contributed by atoms with Crippen LogP contribution in [0, 0.1) is 0 Å². The van der Waals surface area contributed by atoms with Crippen LogP contribution in [0.15, 0.2) is 48.5 Å². The third kappa shape index (κ3) is 3.42. The van der Waals surface area contributed by atoms with Crippen molar-refractivity contribution >= 4 is 23.2 Å². The van der Waals surface area contributed by atoms with E-state index in [1.165, 1.54) is 7.11 Å². The minimum Gasteiger partial charge on any atom is -0.493 e. The number of rotatable bonds is 5. The molecule has 0 radical (unpaired) electrons. The van der Waals surface area contributed by atoms with Crippen LogP contribution < -0.4 is 19.7 Å². The van der Waals surface area contributed by atoms with Crippen molar-refractivity contribution in [3.05, 3.63) is 48.5 Å². The van der Waals surface area contributed by atoms with E-state index in [0.717, 1.165) is 5.69 Å². The molecule has 1 aliphatic rings. The van der Waals surface area contributed by atoms with Crippen molar-refractivity contribution in [3.8, 4) is 11.5 Å². The zero-order valence-corrected chi connectivity index (χ0v) is 14.2. The van der Waals surface area contributed by atoms with Crippen LogP contribution in [0.4, 0.5) is 11.4 Å². The molecule has 1 fully saturated rings. The van der Waals surface area contributed by atoms with E-state index < -0.39 is 6.04 Å². The van der Waals surface area contributed by atoms with Crippen molar-refractivity contribution in [1.82, 2.24) is 0 Å². The molecule has 6 nitrogen and oxygen atoms in total. The Hall–Kier alpha value is -3.02. The van der Waals surface area contributed by atoms with Gasteiger partial charge in [0.1, 0.15) is 6.04 Å². The SMILES string of the molecule is COc1ccc(NC(=O)C2CCC(=O)N2c2ccccc2)cc1OC. The predicted molar refractivity (Wildman–Crippen MR) is 95.1 cm³/mol. The Kier molecular flexibility index (Phi) is 4.88. The molecule has 1 unspecified atom stereocenters. The van der Waals surface area contributed by atoms with Crippen LogP contribution in [0.2, 0.25) is 0 Å². The number of para-hydroxylation sites is 1. The Balaban J connectivity index is 1.79. The second-order valence-electron chi connectivity index (χ2n) is 5.71. The lowest BCUT2D eigenvalue weighted by Gasteiger charge is -2.24. The molecule has 6 heteroatoms. The maximum Gasteiger partial charge on any atom is 0.247 e. The number of hydrogen-bond donors (Lipinski definition) is 1. The molecule has 1 heterocycles. The van der Waals surface area contributed by atoms with Gasteiger partial charge < -0.3 is 14.8 Å².